The molecule has 3 nitrogen and oxygen atoms in total. The molecule has 0 amide bonds. The highest BCUT2D eigenvalue weighted by Gasteiger charge is 2.06. The lowest BCUT2D eigenvalue weighted by Crippen LogP contribution is -2.12. The molecule has 13 heavy (non-hydrogen) atoms. The number of rotatable bonds is 9. The first-order chi connectivity index (χ1) is 6.35. The molecule has 78 valence electrons. The third kappa shape index (κ3) is 7.78. The predicted octanol–water partition coefficient (Wildman–Crippen LogP) is 2.14. The molecular weight excluding hydrogens is 168 g/mol. The molecule has 0 aromatic rings. The van der Waals surface area contributed by atoms with Crippen molar-refractivity contribution in [3.63, 3.8) is 0 Å². The Morgan fingerprint density at radius 1 is 1.31 bits per heavy atom. The van der Waals surface area contributed by atoms with Crippen LogP contribution in [-0.4, -0.2) is 25.8 Å². The van der Waals surface area contributed by atoms with Crippen LogP contribution in [0, 0.1) is 0 Å². The molecule has 0 aliphatic carbocycles. The molecule has 0 rings (SSSR count). The van der Waals surface area contributed by atoms with Gasteiger partial charge in [0.25, 0.3) is 6.47 Å². The molecule has 0 N–H and O–H groups in total. The highest BCUT2D eigenvalue weighted by Crippen LogP contribution is 2.08. The molecule has 0 aliphatic rings. The summed E-state index contributed by atoms with van der Waals surface area (Å²) in [4.78, 5) is 10.1. The average molecular weight is 188 g/mol. The first-order valence-electron chi connectivity index (χ1n) is 5.02. The second kappa shape index (κ2) is 9.52. The summed E-state index contributed by atoms with van der Waals surface area (Å²) >= 11 is 0. The van der Waals surface area contributed by atoms with Crippen molar-refractivity contribution in [3.05, 3.63) is 0 Å². The van der Waals surface area contributed by atoms with Crippen molar-refractivity contribution in [2.45, 2.75) is 45.6 Å². The standard InChI is InChI=1S/C10H20O3/c1-3-6-10(13-9-11)7-5-8-12-4-2/h9-10H,3-8H2,1-2H3. The molecule has 3 heteroatoms. The van der Waals surface area contributed by atoms with Gasteiger partial charge >= 0.3 is 0 Å². The van der Waals surface area contributed by atoms with Crippen molar-refractivity contribution in [3.8, 4) is 0 Å². The van der Waals surface area contributed by atoms with E-state index in [1.165, 1.54) is 0 Å². The minimum Gasteiger partial charge on any atom is -0.465 e. The maximum atomic E-state index is 10.1. The van der Waals surface area contributed by atoms with E-state index in [-0.39, 0.29) is 6.10 Å². The summed E-state index contributed by atoms with van der Waals surface area (Å²) < 4.78 is 10.1. The number of ether oxygens (including phenoxy) is 2. The van der Waals surface area contributed by atoms with E-state index in [1.807, 2.05) is 6.92 Å². The molecule has 0 saturated heterocycles. The molecule has 0 saturated carbocycles. The fourth-order valence-electron chi connectivity index (χ4n) is 1.24. The van der Waals surface area contributed by atoms with Gasteiger partial charge in [0.2, 0.25) is 0 Å². The molecule has 1 unspecified atom stereocenters. The fraction of sp³-hybridized carbons (Fsp3) is 0.900. The molecule has 0 radical (unpaired) electrons. The molecule has 0 aromatic heterocycles. The first kappa shape index (κ1) is 12.4. The molecule has 1 atom stereocenters. The summed E-state index contributed by atoms with van der Waals surface area (Å²) in [6, 6.07) is 0. The average Bonchev–Trinajstić information content (AvgIpc) is 2.13. The van der Waals surface area contributed by atoms with Crippen LogP contribution in [0.15, 0.2) is 0 Å². The lowest BCUT2D eigenvalue weighted by Gasteiger charge is -2.13. The van der Waals surface area contributed by atoms with Gasteiger partial charge in [-0.15, -0.1) is 0 Å². The van der Waals surface area contributed by atoms with E-state index < -0.39 is 0 Å². The molecule has 0 aliphatic heterocycles. The topological polar surface area (TPSA) is 35.5 Å². The van der Waals surface area contributed by atoms with Crippen molar-refractivity contribution in [2.75, 3.05) is 13.2 Å². The van der Waals surface area contributed by atoms with Crippen LogP contribution in [0.2, 0.25) is 0 Å². The Morgan fingerprint density at radius 3 is 2.62 bits per heavy atom. The first-order valence-corrected chi connectivity index (χ1v) is 5.02. The predicted molar refractivity (Wildman–Crippen MR) is 51.6 cm³/mol. The molecule has 0 heterocycles. The van der Waals surface area contributed by atoms with Crippen LogP contribution in [0.25, 0.3) is 0 Å². The van der Waals surface area contributed by atoms with E-state index in [0.29, 0.717) is 6.47 Å². The Kier molecular flexibility index (Phi) is 9.10. The third-order valence-electron chi connectivity index (χ3n) is 1.88. The maximum Gasteiger partial charge on any atom is 0.293 e. The third-order valence-corrected chi connectivity index (χ3v) is 1.88. The number of hydrogen-bond acceptors (Lipinski definition) is 3. The van der Waals surface area contributed by atoms with Gasteiger partial charge in [0.15, 0.2) is 0 Å². The molecule has 0 bridgehead atoms. The Hall–Kier alpha value is -0.570. The van der Waals surface area contributed by atoms with Crippen molar-refractivity contribution in [1.29, 1.82) is 0 Å². The molecule has 0 spiro atoms. The van der Waals surface area contributed by atoms with Crippen LogP contribution in [0.4, 0.5) is 0 Å². The van der Waals surface area contributed by atoms with Crippen molar-refractivity contribution in [1.82, 2.24) is 0 Å². The Balaban J connectivity index is 3.38. The summed E-state index contributed by atoms with van der Waals surface area (Å²) in [6.45, 7) is 6.13. The van der Waals surface area contributed by atoms with Gasteiger partial charge < -0.3 is 9.47 Å². The Morgan fingerprint density at radius 2 is 2.08 bits per heavy atom. The second-order valence-corrected chi connectivity index (χ2v) is 2.98. The van der Waals surface area contributed by atoms with Gasteiger partial charge in [-0.1, -0.05) is 13.3 Å². The highest BCUT2D eigenvalue weighted by molar-refractivity contribution is 5.37. The van der Waals surface area contributed by atoms with E-state index >= 15 is 0 Å². The minimum absolute atomic E-state index is 0.0861. The van der Waals surface area contributed by atoms with Gasteiger partial charge in [-0.05, 0) is 26.2 Å². The number of hydrogen-bond donors (Lipinski definition) is 0. The van der Waals surface area contributed by atoms with Crippen LogP contribution >= 0.6 is 0 Å². The van der Waals surface area contributed by atoms with Crippen molar-refractivity contribution in [2.24, 2.45) is 0 Å². The number of carbonyl (C=O) groups is 1. The zero-order chi connectivity index (χ0) is 9.94. The zero-order valence-corrected chi connectivity index (χ0v) is 8.62. The quantitative estimate of drug-likeness (QED) is 0.411. The van der Waals surface area contributed by atoms with E-state index in [9.17, 15) is 4.79 Å². The Bertz CT molecular complexity index is 115. The van der Waals surface area contributed by atoms with Crippen LogP contribution < -0.4 is 0 Å². The van der Waals surface area contributed by atoms with E-state index in [4.69, 9.17) is 9.47 Å². The van der Waals surface area contributed by atoms with Gasteiger partial charge in [0.05, 0.1) is 0 Å². The van der Waals surface area contributed by atoms with Crippen molar-refractivity contribution < 1.29 is 14.3 Å². The summed E-state index contributed by atoms with van der Waals surface area (Å²) in [6.07, 6.45) is 3.96. The molecule has 0 fully saturated rings. The molecular formula is C10H20O3. The van der Waals surface area contributed by atoms with Crippen LogP contribution in [0.5, 0.6) is 0 Å². The number of carbonyl (C=O) groups excluding carboxylic acids is 1. The normalized spacial score (nSPS) is 12.5. The van der Waals surface area contributed by atoms with Gasteiger partial charge in [-0.3, -0.25) is 4.79 Å². The lowest BCUT2D eigenvalue weighted by atomic mass is 10.1. The summed E-state index contributed by atoms with van der Waals surface area (Å²) in [5.74, 6) is 0. The molecule has 0 aromatic carbocycles. The second-order valence-electron chi connectivity index (χ2n) is 2.98. The van der Waals surface area contributed by atoms with Crippen LogP contribution in [0.1, 0.15) is 39.5 Å². The van der Waals surface area contributed by atoms with E-state index in [2.05, 4.69) is 6.92 Å². The highest BCUT2D eigenvalue weighted by atomic mass is 16.5. The van der Waals surface area contributed by atoms with Gasteiger partial charge in [-0.25, -0.2) is 0 Å². The van der Waals surface area contributed by atoms with Gasteiger partial charge in [-0.2, -0.15) is 0 Å². The summed E-state index contributed by atoms with van der Waals surface area (Å²) in [5, 5.41) is 0. The fourth-order valence-corrected chi connectivity index (χ4v) is 1.24. The monoisotopic (exact) mass is 188 g/mol. The zero-order valence-electron chi connectivity index (χ0n) is 8.62. The van der Waals surface area contributed by atoms with E-state index in [0.717, 1.165) is 38.9 Å². The smallest absolute Gasteiger partial charge is 0.293 e. The minimum atomic E-state index is 0.0861. The Labute approximate surface area is 80.4 Å². The van der Waals surface area contributed by atoms with E-state index in [1.54, 1.807) is 0 Å². The SMILES string of the molecule is CCCC(CCCOCC)OC=O. The lowest BCUT2D eigenvalue weighted by molar-refractivity contribution is -0.134. The van der Waals surface area contributed by atoms with Crippen molar-refractivity contribution >= 4 is 6.47 Å². The maximum absolute atomic E-state index is 10.1. The van der Waals surface area contributed by atoms with Crippen LogP contribution in [-0.2, 0) is 14.3 Å². The van der Waals surface area contributed by atoms with Gasteiger partial charge in [0, 0.05) is 13.2 Å². The van der Waals surface area contributed by atoms with Crippen LogP contribution in [0.3, 0.4) is 0 Å². The summed E-state index contributed by atoms with van der Waals surface area (Å²) in [5.41, 5.74) is 0. The summed E-state index contributed by atoms with van der Waals surface area (Å²) in [7, 11) is 0. The largest absolute Gasteiger partial charge is 0.465 e. The van der Waals surface area contributed by atoms with Gasteiger partial charge in [0.1, 0.15) is 6.10 Å².